The maximum absolute atomic E-state index is 10.4. The highest BCUT2D eigenvalue weighted by Gasteiger charge is 2.36. The number of aryl methyl sites for hydroxylation is 1. The van der Waals surface area contributed by atoms with Crippen LogP contribution in [0.2, 0.25) is 0 Å². The van der Waals surface area contributed by atoms with Crippen molar-refractivity contribution in [3.63, 3.8) is 0 Å². The summed E-state index contributed by atoms with van der Waals surface area (Å²) in [5.41, 5.74) is 5.40. The van der Waals surface area contributed by atoms with E-state index in [9.17, 15) is 5.11 Å². The normalized spacial score (nSPS) is 27.2. The third-order valence-corrected chi connectivity index (χ3v) is 4.78. The van der Waals surface area contributed by atoms with Crippen molar-refractivity contribution in [2.75, 3.05) is 6.54 Å². The SMILES string of the molecule is Cc1cc(O)c(C2(C)CCCN2)c2c1CCCC2. The van der Waals surface area contributed by atoms with Crippen LogP contribution < -0.4 is 5.32 Å². The summed E-state index contributed by atoms with van der Waals surface area (Å²) in [6.07, 6.45) is 7.22. The number of nitrogens with one attached hydrogen (secondary N) is 1. The standard InChI is InChI=1S/C16H23NO/c1-11-10-14(18)15(16(2)8-5-9-17-16)13-7-4-3-6-12(11)13/h10,17-18H,3-9H2,1-2H3. The van der Waals surface area contributed by atoms with Gasteiger partial charge in [0, 0.05) is 11.1 Å². The maximum atomic E-state index is 10.4. The smallest absolute Gasteiger partial charge is 0.121 e. The molecule has 0 bridgehead atoms. The summed E-state index contributed by atoms with van der Waals surface area (Å²) in [5.74, 6) is 0.505. The van der Waals surface area contributed by atoms with Crippen LogP contribution in [0.3, 0.4) is 0 Å². The van der Waals surface area contributed by atoms with Crippen LogP contribution in [0.25, 0.3) is 0 Å². The zero-order chi connectivity index (χ0) is 12.8. The van der Waals surface area contributed by atoms with Crippen molar-refractivity contribution in [1.82, 2.24) is 5.32 Å². The molecule has 2 N–H and O–H groups in total. The van der Waals surface area contributed by atoms with E-state index in [4.69, 9.17) is 0 Å². The van der Waals surface area contributed by atoms with Crippen molar-refractivity contribution < 1.29 is 5.11 Å². The molecule has 1 heterocycles. The van der Waals surface area contributed by atoms with E-state index in [1.54, 1.807) is 0 Å². The first kappa shape index (κ1) is 12.0. The molecule has 1 aliphatic carbocycles. The van der Waals surface area contributed by atoms with Crippen LogP contribution in [0.4, 0.5) is 0 Å². The van der Waals surface area contributed by atoms with E-state index in [1.807, 2.05) is 6.07 Å². The number of phenols is 1. The second-order valence-electron chi connectivity index (χ2n) is 6.11. The molecule has 0 saturated carbocycles. The molecule has 2 nitrogen and oxygen atoms in total. The molecule has 1 saturated heterocycles. The highest BCUT2D eigenvalue weighted by molar-refractivity contribution is 5.53. The number of hydrogen-bond acceptors (Lipinski definition) is 2. The number of rotatable bonds is 1. The van der Waals surface area contributed by atoms with Crippen LogP contribution in [0, 0.1) is 6.92 Å². The lowest BCUT2D eigenvalue weighted by Gasteiger charge is -2.32. The van der Waals surface area contributed by atoms with Crippen LogP contribution in [-0.2, 0) is 18.4 Å². The van der Waals surface area contributed by atoms with Crippen molar-refractivity contribution in [2.24, 2.45) is 0 Å². The van der Waals surface area contributed by atoms with Gasteiger partial charge >= 0.3 is 0 Å². The van der Waals surface area contributed by atoms with E-state index < -0.39 is 0 Å². The molecule has 2 aliphatic rings. The topological polar surface area (TPSA) is 32.3 Å². The quantitative estimate of drug-likeness (QED) is 0.796. The molecule has 98 valence electrons. The Kier molecular flexibility index (Phi) is 2.86. The van der Waals surface area contributed by atoms with Gasteiger partial charge in [-0.1, -0.05) is 0 Å². The second kappa shape index (κ2) is 4.27. The number of aromatic hydroxyl groups is 1. The summed E-state index contributed by atoms with van der Waals surface area (Å²) in [4.78, 5) is 0. The molecule has 0 spiro atoms. The Morgan fingerprint density at radius 1 is 1.17 bits per heavy atom. The molecule has 3 rings (SSSR count). The Morgan fingerprint density at radius 3 is 2.56 bits per heavy atom. The monoisotopic (exact) mass is 245 g/mol. The fraction of sp³-hybridized carbons (Fsp3) is 0.625. The van der Waals surface area contributed by atoms with Gasteiger partial charge in [0.1, 0.15) is 5.75 Å². The molecule has 1 atom stereocenters. The minimum atomic E-state index is -0.0147. The Hall–Kier alpha value is -1.02. The minimum absolute atomic E-state index is 0.0147. The lowest BCUT2D eigenvalue weighted by Crippen LogP contribution is -2.35. The highest BCUT2D eigenvalue weighted by Crippen LogP contribution is 2.42. The predicted octanol–water partition coefficient (Wildman–Crippen LogP) is 3.18. The first-order valence-electron chi connectivity index (χ1n) is 7.22. The van der Waals surface area contributed by atoms with Gasteiger partial charge < -0.3 is 10.4 Å². The third kappa shape index (κ3) is 1.74. The molecule has 0 amide bonds. The lowest BCUT2D eigenvalue weighted by molar-refractivity contribution is 0.388. The first-order chi connectivity index (χ1) is 8.62. The Morgan fingerprint density at radius 2 is 1.89 bits per heavy atom. The Labute approximate surface area is 109 Å². The molecule has 0 radical (unpaired) electrons. The van der Waals surface area contributed by atoms with Gasteiger partial charge in [-0.2, -0.15) is 0 Å². The first-order valence-corrected chi connectivity index (χ1v) is 7.22. The van der Waals surface area contributed by atoms with Crippen LogP contribution in [0.5, 0.6) is 5.75 Å². The minimum Gasteiger partial charge on any atom is -0.508 e. The van der Waals surface area contributed by atoms with Crippen molar-refractivity contribution in [1.29, 1.82) is 0 Å². The summed E-state index contributed by atoms with van der Waals surface area (Å²) in [5, 5.41) is 14.0. The van der Waals surface area contributed by atoms with Crippen molar-refractivity contribution in [3.8, 4) is 5.75 Å². The molecule has 1 aromatic rings. The van der Waals surface area contributed by atoms with E-state index in [1.165, 1.54) is 47.9 Å². The predicted molar refractivity (Wildman–Crippen MR) is 74.1 cm³/mol. The lowest BCUT2D eigenvalue weighted by atomic mass is 9.78. The molecule has 1 unspecified atom stereocenters. The summed E-state index contributed by atoms with van der Waals surface area (Å²) >= 11 is 0. The fourth-order valence-corrected chi connectivity index (χ4v) is 3.86. The average molecular weight is 245 g/mol. The zero-order valence-electron chi connectivity index (χ0n) is 11.5. The number of hydrogen-bond donors (Lipinski definition) is 2. The van der Waals surface area contributed by atoms with Crippen molar-refractivity contribution in [2.45, 2.75) is 57.9 Å². The molecule has 1 fully saturated rings. The van der Waals surface area contributed by atoms with Gasteiger partial charge in [-0.3, -0.25) is 0 Å². The van der Waals surface area contributed by atoms with Gasteiger partial charge in [-0.05, 0) is 81.7 Å². The van der Waals surface area contributed by atoms with Gasteiger partial charge in [0.2, 0.25) is 0 Å². The summed E-state index contributed by atoms with van der Waals surface area (Å²) < 4.78 is 0. The number of benzene rings is 1. The van der Waals surface area contributed by atoms with Gasteiger partial charge in [0.05, 0.1) is 0 Å². The van der Waals surface area contributed by atoms with E-state index in [-0.39, 0.29) is 5.54 Å². The van der Waals surface area contributed by atoms with E-state index in [0.29, 0.717) is 5.75 Å². The maximum Gasteiger partial charge on any atom is 0.121 e. The van der Waals surface area contributed by atoms with Crippen molar-refractivity contribution in [3.05, 3.63) is 28.3 Å². The van der Waals surface area contributed by atoms with Gasteiger partial charge in [0.25, 0.3) is 0 Å². The van der Waals surface area contributed by atoms with Crippen molar-refractivity contribution >= 4 is 0 Å². The number of fused-ring (bicyclic) bond motifs is 1. The molecule has 2 heteroatoms. The molecule has 18 heavy (non-hydrogen) atoms. The molecule has 1 aliphatic heterocycles. The third-order valence-electron chi connectivity index (χ3n) is 4.78. The molecule has 1 aromatic carbocycles. The molecular formula is C16H23NO. The van der Waals surface area contributed by atoms with Gasteiger partial charge in [-0.15, -0.1) is 0 Å². The summed E-state index contributed by atoms with van der Waals surface area (Å²) in [6.45, 7) is 5.45. The van der Waals surface area contributed by atoms with Crippen LogP contribution in [-0.4, -0.2) is 11.7 Å². The molecular weight excluding hydrogens is 222 g/mol. The summed E-state index contributed by atoms with van der Waals surface area (Å²) in [6, 6.07) is 1.98. The summed E-state index contributed by atoms with van der Waals surface area (Å²) in [7, 11) is 0. The van der Waals surface area contributed by atoms with Crippen LogP contribution in [0.1, 0.15) is 54.9 Å². The highest BCUT2D eigenvalue weighted by atomic mass is 16.3. The molecule has 0 aromatic heterocycles. The second-order valence-corrected chi connectivity index (χ2v) is 6.11. The van der Waals surface area contributed by atoms with Crippen LogP contribution in [0.15, 0.2) is 6.07 Å². The largest absolute Gasteiger partial charge is 0.508 e. The van der Waals surface area contributed by atoms with Gasteiger partial charge in [-0.25, -0.2) is 0 Å². The van der Waals surface area contributed by atoms with E-state index >= 15 is 0 Å². The Balaban J connectivity index is 2.19. The fourth-order valence-electron chi connectivity index (χ4n) is 3.86. The Bertz CT molecular complexity index is 472. The van der Waals surface area contributed by atoms with Gasteiger partial charge in [0.15, 0.2) is 0 Å². The van der Waals surface area contributed by atoms with Crippen LogP contribution >= 0.6 is 0 Å². The number of phenolic OH excluding ortho intramolecular Hbond substituents is 1. The van der Waals surface area contributed by atoms with E-state index in [2.05, 4.69) is 19.2 Å². The zero-order valence-corrected chi connectivity index (χ0v) is 11.5. The average Bonchev–Trinajstić information content (AvgIpc) is 2.77. The van der Waals surface area contributed by atoms with E-state index in [0.717, 1.165) is 19.4 Å².